The smallest absolute Gasteiger partial charge is 0.336 e. The number of hydrogen-bond acceptors (Lipinski definition) is 6. The molecule has 0 bridgehead atoms. The predicted molar refractivity (Wildman–Crippen MR) is 95.8 cm³/mol. The van der Waals surface area contributed by atoms with E-state index in [2.05, 4.69) is 26.1 Å². The highest BCUT2D eigenvalue weighted by Gasteiger charge is 2.09. The van der Waals surface area contributed by atoms with Gasteiger partial charge >= 0.3 is 5.63 Å². The number of aromatic nitrogens is 2. The molecule has 25 heavy (non-hydrogen) atoms. The fourth-order valence-corrected chi connectivity index (χ4v) is 2.53. The van der Waals surface area contributed by atoms with Crippen molar-refractivity contribution in [2.24, 2.45) is 0 Å². The van der Waals surface area contributed by atoms with Crippen molar-refractivity contribution in [1.29, 1.82) is 0 Å². The minimum Gasteiger partial charge on any atom is -0.423 e. The Labute approximate surface area is 150 Å². The number of halogens is 1. The van der Waals surface area contributed by atoms with Gasteiger partial charge in [0.25, 0.3) is 0 Å². The first kappa shape index (κ1) is 17.1. The normalized spacial score (nSPS) is 10.3. The summed E-state index contributed by atoms with van der Waals surface area (Å²) in [6.07, 6.45) is 0. The van der Waals surface area contributed by atoms with Crippen molar-refractivity contribution in [1.82, 2.24) is 10.2 Å². The van der Waals surface area contributed by atoms with Crippen LogP contribution < -0.4 is 5.63 Å². The second-order valence-corrected chi connectivity index (χ2v) is 5.79. The summed E-state index contributed by atoms with van der Waals surface area (Å²) >= 11 is 3.37. The number of hydrogen-bond donors (Lipinski definition) is 1. The van der Waals surface area contributed by atoms with Crippen molar-refractivity contribution >= 4 is 26.9 Å². The van der Waals surface area contributed by atoms with Gasteiger partial charge < -0.3 is 13.9 Å². The summed E-state index contributed by atoms with van der Waals surface area (Å²) in [4.78, 5) is 10.7. The molecule has 2 aromatic heterocycles. The summed E-state index contributed by atoms with van der Waals surface area (Å²) in [5.41, 5.74) is 1.16. The van der Waals surface area contributed by atoms with Crippen LogP contribution in [0.5, 0.6) is 0 Å². The lowest BCUT2D eigenvalue weighted by Gasteiger charge is -1.96. The number of benzene rings is 2. The Morgan fingerprint density at radius 1 is 0.920 bits per heavy atom. The molecule has 0 spiro atoms. The third kappa shape index (κ3) is 4.20. The Morgan fingerprint density at radius 3 is 2.44 bits per heavy atom. The zero-order chi connectivity index (χ0) is 17.6. The first-order valence-electron chi connectivity index (χ1n) is 7.34. The SMILES string of the molecule is O=c1ccc2ccccc2o1.OCc1nnc(-c2ccccc2Br)o1. The molecule has 0 aliphatic heterocycles. The van der Waals surface area contributed by atoms with E-state index >= 15 is 0 Å². The van der Waals surface area contributed by atoms with Gasteiger partial charge in [0, 0.05) is 15.9 Å². The van der Waals surface area contributed by atoms with Gasteiger partial charge in [-0.3, -0.25) is 0 Å². The van der Waals surface area contributed by atoms with Crippen molar-refractivity contribution < 1.29 is 13.9 Å². The van der Waals surface area contributed by atoms with E-state index in [1.807, 2.05) is 42.5 Å². The van der Waals surface area contributed by atoms with E-state index in [1.54, 1.807) is 12.1 Å². The van der Waals surface area contributed by atoms with Crippen LogP contribution in [-0.4, -0.2) is 15.3 Å². The molecule has 0 saturated carbocycles. The highest BCUT2D eigenvalue weighted by molar-refractivity contribution is 9.10. The zero-order valence-corrected chi connectivity index (χ0v) is 14.5. The zero-order valence-electron chi connectivity index (χ0n) is 12.9. The van der Waals surface area contributed by atoms with Gasteiger partial charge in [0.05, 0.1) is 5.56 Å². The van der Waals surface area contributed by atoms with Gasteiger partial charge in [-0.1, -0.05) is 30.3 Å². The van der Waals surface area contributed by atoms with Crippen molar-refractivity contribution in [2.45, 2.75) is 6.61 Å². The maximum Gasteiger partial charge on any atom is 0.336 e. The summed E-state index contributed by atoms with van der Waals surface area (Å²) < 4.78 is 11.0. The first-order valence-corrected chi connectivity index (χ1v) is 8.13. The summed E-state index contributed by atoms with van der Waals surface area (Å²) in [5, 5.41) is 17.2. The fourth-order valence-electron chi connectivity index (χ4n) is 2.07. The van der Waals surface area contributed by atoms with E-state index in [1.165, 1.54) is 6.07 Å². The number of aliphatic hydroxyl groups is 1. The van der Waals surface area contributed by atoms with Crippen LogP contribution in [0.3, 0.4) is 0 Å². The molecule has 4 rings (SSSR count). The summed E-state index contributed by atoms with van der Waals surface area (Å²) in [7, 11) is 0. The minimum atomic E-state index is -0.302. The Morgan fingerprint density at radius 2 is 1.68 bits per heavy atom. The maximum absolute atomic E-state index is 10.7. The first-order chi connectivity index (χ1) is 12.2. The van der Waals surface area contributed by atoms with Crippen LogP contribution in [0.2, 0.25) is 0 Å². The molecule has 2 heterocycles. The summed E-state index contributed by atoms with van der Waals surface area (Å²) in [5.74, 6) is 0.622. The molecule has 0 saturated heterocycles. The Hall–Kier alpha value is -2.77. The fraction of sp³-hybridized carbons (Fsp3) is 0.0556. The molecule has 0 aliphatic carbocycles. The largest absolute Gasteiger partial charge is 0.423 e. The topological polar surface area (TPSA) is 89.4 Å². The third-order valence-electron chi connectivity index (χ3n) is 3.23. The predicted octanol–water partition coefficient (Wildman–Crippen LogP) is 3.78. The second-order valence-electron chi connectivity index (χ2n) is 4.93. The van der Waals surface area contributed by atoms with Crippen LogP contribution in [-0.2, 0) is 6.61 Å². The number of rotatable bonds is 2. The molecule has 126 valence electrons. The van der Waals surface area contributed by atoms with Gasteiger partial charge in [-0.2, -0.15) is 0 Å². The van der Waals surface area contributed by atoms with Crippen LogP contribution in [0.25, 0.3) is 22.4 Å². The Kier molecular flexibility index (Phi) is 5.37. The Bertz CT molecular complexity index is 1040. The standard InChI is InChI=1S/C9H7BrN2O2.C9H6O2/c10-7-4-2-1-3-6(7)9-12-11-8(5-13)14-9;10-9-6-5-7-3-1-2-4-8(7)11-9/h1-4,13H,5H2;1-6H. The lowest BCUT2D eigenvalue weighted by atomic mass is 10.2. The molecule has 0 unspecified atom stereocenters. The average molecular weight is 401 g/mol. The molecular weight excluding hydrogens is 388 g/mol. The van der Waals surface area contributed by atoms with Gasteiger partial charge in [0.2, 0.25) is 11.8 Å². The average Bonchev–Trinajstić information content (AvgIpc) is 3.11. The molecule has 0 atom stereocenters. The summed E-state index contributed by atoms with van der Waals surface area (Å²) in [6, 6.07) is 18.1. The van der Waals surface area contributed by atoms with E-state index in [0.717, 1.165) is 15.4 Å². The molecule has 7 heteroatoms. The number of aliphatic hydroxyl groups excluding tert-OH is 1. The maximum atomic E-state index is 10.7. The quantitative estimate of drug-likeness (QED) is 0.514. The second kappa shape index (κ2) is 7.87. The van der Waals surface area contributed by atoms with E-state index in [-0.39, 0.29) is 18.1 Å². The number of para-hydroxylation sites is 1. The lowest BCUT2D eigenvalue weighted by Crippen LogP contribution is -1.93. The monoisotopic (exact) mass is 400 g/mol. The van der Waals surface area contributed by atoms with E-state index in [9.17, 15) is 4.79 Å². The van der Waals surface area contributed by atoms with Crippen LogP contribution in [0.1, 0.15) is 5.89 Å². The van der Waals surface area contributed by atoms with E-state index in [0.29, 0.717) is 11.5 Å². The van der Waals surface area contributed by atoms with Crippen molar-refractivity contribution in [3.8, 4) is 11.5 Å². The molecule has 0 amide bonds. The molecule has 4 aromatic rings. The van der Waals surface area contributed by atoms with Gasteiger partial charge in [-0.05, 0) is 40.2 Å². The molecule has 1 N–H and O–H groups in total. The Balaban J connectivity index is 0.000000150. The molecule has 0 aliphatic rings. The highest BCUT2D eigenvalue weighted by Crippen LogP contribution is 2.26. The van der Waals surface area contributed by atoms with E-state index in [4.69, 9.17) is 13.9 Å². The molecular formula is C18H13BrN2O4. The molecule has 6 nitrogen and oxygen atoms in total. The highest BCUT2D eigenvalue weighted by atomic mass is 79.9. The van der Waals surface area contributed by atoms with Crippen LogP contribution in [0.15, 0.2) is 78.8 Å². The molecule has 0 radical (unpaired) electrons. The number of fused-ring (bicyclic) bond motifs is 1. The minimum absolute atomic E-state index is 0.218. The van der Waals surface area contributed by atoms with Gasteiger partial charge in [0.15, 0.2) is 0 Å². The van der Waals surface area contributed by atoms with Crippen molar-refractivity contribution in [3.05, 3.63) is 81.4 Å². The number of nitrogens with zero attached hydrogens (tertiary/aromatic N) is 2. The van der Waals surface area contributed by atoms with Crippen LogP contribution in [0.4, 0.5) is 0 Å². The van der Waals surface area contributed by atoms with Crippen LogP contribution >= 0.6 is 15.9 Å². The van der Waals surface area contributed by atoms with Crippen molar-refractivity contribution in [2.75, 3.05) is 0 Å². The third-order valence-corrected chi connectivity index (χ3v) is 3.93. The molecule has 0 fully saturated rings. The van der Waals surface area contributed by atoms with Gasteiger partial charge in [0.1, 0.15) is 12.2 Å². The van der Waals surface area contributed by atoms with E-state index < -0.39 is 0 Å². The van der Waals surface area contributed by atoms with Crippen molar-refractivity contribution in [3.63, 3.8) is 0 Å². The van der Waals surface area contributed by atoms with Gasteiger partial charge in [-0.15, -0.1) is 10.2 Å². The van der Waals surface area contributed by atoms with Crippen LogP contribution in [0, 0.1) is 0 Å². The summed E-state index contributed by atoms with van der Waals surface area (Å²) in [6.45, 7) is -0.239. The van der Waals surface area contributed by atoms with Gasteiger partial charge in [-0.25, -0.2) is 4.79 Å². The molecule has 2 aromatic carbocycles. The lowest BCUT2D eigenvalue weighted by molar-refractivity contribution is 0.241.